The predicted molar refractivity (Wildman–Crippen MR) is 92.1 cm³/mol. The molecule has 2 saturated heterocycles. The molecule has 1 aromatic rings. The molecule has 24 heavy (non-hydrogen) atoms. The van der Waals surface area contributed by atoms with Crippen LogP contribution >= 0.6 is 11.8 Å². The number of hydrogen-bond donors (Lipinski definition) is 2. The summed E-state index contributed by atoms with van der Waals surface area (Å²) in [6.07, 6.45) is 0. The van der Waals surface area contributed by atoms with Gasteiger partial charge in [0.05, 0.1) is 0 Å². The van der Waals surface area contributed by atoms with Crippen molar-refractivity contribution in [3.63, 3.8) is 0 Å². The van der Waals surface area contributed by atoms with Gasteiger partial charge in [-0.1, -0.05) is 30.3 Å². The van der Waals surface area contributed by atoms with Crippen LogP contribution in [0.15, 0.2) is 30.3 Å². The second-order valence-corrected chi connectivity index (χ2v) is 8.52. The van der Waals surface area contributed by atoms with Gasteiger partial charge in [0.2, 0.25) is 11.8 Å². The monoisotopic (exact) mass is 347 g/mol. The second kappa shape index (κ2) is 5.89. The number of carbonyl (C=O) groups is 3. The number of thioether (sulfide) groups is 1. The maximum Gasteiger partial charge on any atom is 0.249 e. The third-order valence-electron chi connectivity index (χ3n) is 4.57. The highest BCUT2D eigenvalue weighted by molar-refractivity contribution is 8.01. The fourth-order valence-corrected chi connectivity index (χ4v) is 5.16. The van der Waals surface area contributed by atoms with Crippen LogP contribution in [0.4, 0.5) is 0 Å². The van der Waals surface area contributed by atoms with E-state index >= 15 is 0 Å². The Bertz CT molecular complexity index is 692. The van der Waals surface area contributed by atoms with Gasteiger partial charge in [-0.2, -0.15) is 0 Å². The van der Waals surface area contributed by atoms with Crippen molar-refractivity contribution in [3.05, 3.63) is 35.9 Å². The van der Waals surface area contributed by atoms with Crippen LogP contribution in [-0.4, -0.2) is 44.7 Å². The fraction of sp³-hybridized carbons (Fsp3) is 0.471. The lowest BCUT2D eigenvalue weighted by atomic mass is 9.93. The molecule has 4 atom stereocenters. The first-order valence-corrected chi connectivity index (χ1v) is 8.73. The smallest absolute Gasteiger partial charge is 0.249 e. The molecule has 0 radical (unpaired) electrons. The molecule has 2 aliphatic rings. The van der Waals surface area contributed by atoms with E-state index in [0.717, 1.165) is 0 Å². The minimum atomic E-state index is -0.823. The van der Waals surface area contributed by atoms with Gasteiger partial charge in [-0.15, -0.1) is 11.8 Å². The summed E-state index contributed by atoms with van der Waals surface area (Å²) in [5.41, 5.74) is 6.67. The molecule has 0 aliphatic carbocycles. The number of hydrogen-bond acceptors (Lipinski definition) is 5. The summed E-state index contributed by atoms with van der Waals surface area (Å²) in [5.74, 6) is -0.634. The van der Waals surface area contributed by atoms with Crippen molar-refractivity contribution < 1.29 is 14.4 Å². The number of nitrogens with two attached hydrogens (primary N) is 1. The lowest BCUT2D eigenvalue weighted by Crippen LogP contribution is -2.70. The number of fused-ring (bicyclic) bond motifs is 1. The van der Waals surface area contributed by atoms with Crippen LogP contribution in [0.25, 0.3) is 0 Å². The Labute approximate surface area is 145 Å². The van der Waals surface area contributed by atoms with Crippen molar-refractivity contribution in [2.45, 2.75) is 49.0 Å². The van der Waals surface area contributed by atoms with Crippen molar-refractivity contribution >= 4 is 29.4 Å². The summed E-state index contributed by atoms with van der Waals surface area (Å²) in [6, 6.07) is 7.13. The highest BCUT2D eigenvalue weighted by Gasteiger charge is 2.63. The van der Waals surface area contributed by atoms with E-state index in [9.17, 15) is 14.4 Å². The molecule has 0 aromatic heterocycles. The maximum absolute atomic E-state index is 12.4. The lowest BCUT2D eigenvalue weighted by Gasteiger charge is -2.44. The normalized spacial score (nSPS) is 28.8. The molecule has 7 heteroatoms. The van der Waals surface area contributed by atoms with E-state index in [4.69, 9.17) is 5.73 Å². The van der Waals surface area contributed by atoms with E-state index < -0.39 is 18.1 Å². The summed E-state index contributed by atoms with van der Waals surface area (Å²) in [7, 11) is 0. The van der Waals surface area contributed by atoms with Crippen molar-refractivity contribution in [3.8, 4) is 0 Å². The largest absolute Gasteiger partial charge is 0.340 e. The Morgan fingerprint density at radius 3 is 2.50 bits per heavy atom. The average molecular weight is 347 g/mol. The van der Waals surface area contributed by atoms with Crippen LogP contribution in [0.5, 0.6) is 0 Å². The highest BCUT2D eigenvalue weighted by atomic mass is 32.2. The van der Waals surface area contributed by atoms with Crippen LogP contribution in [-0.2, 0) is 14.4 Å². The molecule has 128 valence electrons. The van der Waals surface area contributed by atoms with Crippen LogP contribution in [0, 0.1) is 0 Å². The maximum atomic E-state index is 12.4. The van der Waals surface area contributed by atoms with Crippen molar-refractivity contribution in [1.82, 2.24) is 10.2 Å². The van der Waals surface area contributed by atoms with Crippen molar-refractivity contribution in [1.29, 1.82) is 0 Å². The summed E-state index contributed by atoms with van der Waals surface area (Å²) < 4.78 is -0.368. The highest BCUT2D eigenvalue weighted by Crippen LogP contribution is 2.50. The Kier molecular flexibility index (Phi) is 4.17. The van der Waals surface area contributed by atoms with Crippen LogP contribution in [0.1, 0.15) is 32.4 Å². The number of nitrogens with one attached hydrogen (secondary N) is 1. The minimum Gasteiger partial charge on any atom is -0.340 e. The van der Waals surface area contributed by atoms with Crippen LogP contribution in [0.3, 0.4) is 0 Å². The third kappa shape index (κ3) is 2.61. The van der Waals surface area contributed by atoms with Gasteiger partial charge in [-0.3, -0.25) is 14.4 Å². The van der Waals surface area contributed by atoms with E-state index in [1.165, 1.54) is 6.92 Å². The lowest BCUT2D eigenvalue weighted by molar-refractivity contribution is -0.154. The zero-order valence-corrected chi connectivity index (χ0v) is 14.7. The molecule has 2 amide bonds. The first-order valence-electron chi connectivity index (χ1n) is 7.85. The Morgan fingerprint density at radius 2 is 1.92 bits per heavy atom. The van der Waals surface area contributed by atoms with Gasteiger partial charge >= 0.3 is 0 Å². The Balaban J connectivity index is 1.71. The van der Waals surface area contributed by atoms with Gasteiger partial charge in [0.15, 0.2) is 5.78 Å². The first-order chi connectivity index (χ1) is 11.2. The van der Waals surface area contributed by atoms with E-state index in [2.05, 4.69) is 5.32 Å². The van der Waals surface area contributed by atoms with Gasteiger partial charge in [0.1, 0.15) is 23.5 Å². The number of nitrogens with zero attached hydrogens (tertiary/aromatic N) is 1. The number of carbonyl (C=O) groups excluding carboxylic acids is 3. The van der Waals surface area contributed by atoms with E-state index in [1.807, 2.05) is 32.0 Å². The number of β-lactam (4-membered cyclic amide) rings is 1. The molecule has 0 spiro atoms. The Hall–Kier alpha value is -1.86. The molecule has 1 unspecified atom stereocenters. The van der Waals surface area contributed by atoms with Gasteiger partial charge in [-0.25, -0.2) is 0 Å². The molecular weight excluding hydrogens is 326 g/mol. The average Bonchev–Trinajstić information content (AvgIpc) is 2.80. The number of Topliss-reactive ketones (excluding diaryl/α,β-unsaturated/α-hetero) is 1. The molecule has 0 bridgehead atoms. The van der Waals surface area contributed by atoms with Gasteiger partial charge < -0.3 is 16.0 Å². The van der Waals surface area contributed by atoms with Gasteiger partial charge in [-0.05, 0) is 26.3 Å². The molecule has 3 rings (SSSR count). The molecule has 3 N–H and O–H groups in total. The fourth-order valence-electron chi connectivity index (χ4n) is 3.47. The number of amides is 2. The van der Waals surface area contributed by atoms with Gasteiger partial charge in [0.25, 0.3) is 0 Å². The van der Waals surface area contributed by atoms with Gasteiger partial charge in [0, 0.05) is 4.75 Å². The summed E-state index contributed by atoms with van der Waals surface area (Å²) in [6.45, 7) is 5.40. The van der Waals surface area contributed by atoms with Crippen molar-refractivity contribution in [2.75, 3.05) is 0 Å². The minimum absolute atomic E-state index is 0.0332. The number of ketones is 1. The SMILES string of the molecule is CC(=O)[C@@H]1N2C(=O)[C@@H](NC(=O)[C@H](N)c3ccccc3)C2SC1(C)C. The molecule has 2 fully saturated rings. The first kappa shape index (κ1) is 17.0. The van der Waals surface area contributed by atoms with Crippen molar-refractivity contribution in [2.24, 2.45) is 5.73 Å². The van der Waals surface area contributed by atoms with Crippen LogP contribution < -0.4 is 11.1 Å². The van der Waals surface area contributed by atoms with Crippen LogP contribution in [0.2, 0.25) is 0 Å². The van der Waals surface area contributed by atoms with E-state index in [1.54, 1.807) is 28.8 Å². The Morgan fingerprint density at radius 1 is 1.29 bits per heavy atom. The van der Waals surface area contributed by atoms with E-state index in [-0.39, 0.29) is 27.7 Å². The predicted octanol–water partition coefficient (Wildman–Crippen LogP) is 0.823. The topological polar surface area (TPSA) is 92.5 Å². The summed E-state index contributed by atoms with van der Waals surface area (Å²) in [5, 5.41) is 2.53. The molecule has 1 aromatic carbocycles. The third-order valence-corrected chi connectivity index (χ3v) is 6.14. The molecule has 0 saturated carbocycles. The zero-order chi connectivity index (χ0) is 17.6. The molecular formula is C17H21N3O3S. The second-order valence-electron chi connectivity index (χ2n) is 6.75. The number of rotatable bonds is 4. The zero-order valence-electron chi connectivity index (χ0n) is 13.9. The molecule has 6 nitrogen and oxygen atoms in total. The summed E-state index contributed by atoms with van der Waals surface area (Å²) >= 11 is 1.54. The summed E-state index contributed by atoms with van der Waals surface area (Å²) in [4.78, 5) is 38.3. The quantitative estimate of drug-likeness (QED) is 0.787. The number of benzene rings is 1. The standard InChI is InChI=1S/C17H21N3O3S/c1-9(21)13-17(2,3)24-16-12(15(23)20(13)16)19-14(22)11(18)10-7-5-4-6-8-10/h4-8,11-13,16H,18H2,1-3H3,(H,19,22)/t11-,12-,13+,16?/m1/s1. The molecule has 2 aliphatic heterocycles. The van der Waals surface area contributed by atoms with E-state index in [0.29, 0.717) is 5.56 Å². The molecule has 2 heterocycles.